The fourth-order valence-corrected chi connectivity index (χ4v) is 6.85. The van der Waals surface area contributed by atoms with Crippen molar-refractivity contribution in [2.75, 3.05) is 11.8 Å². The molecule has 6 aliphatic rings. The molecule has 4 bridgehead atoms. The van der Waals surface area contributed by atoms with Crippen LogP contribution in [0.1, 0.15) is 88.5 Å². The van der Waals surface area contributed by atoms with Gasteiger partial charge < -0.3 is 10.2 Å². The van der Waals surface area contributed by atoms with Crippen molar-refractivity contribution in [2.45, 2.75) is 100 Å². The van der Waals surface area contributed by atoms with E-state index in [1.807, 2.05) is 0 Å². The maximum Gasteiger partial charge on any atom is 0.0950 e. The van der Waals surface area contributed by atoms with Crippen LogP contribution in [-0.4, -0.2) is 33.7 Å². The molecule has 0 spiro atoms. The second kappa shape index (κ2) is 10.2. The number of hydrogen-bond donors (Lipinski definition) is 2. The van der Waals surface area contributed by atoms with E-state index in [0.717, 1.165) is 37.0 Å². The predicted octanol–water partition coefficient (Wildman–Crippen LogP) is 7.29. The lowest BCUT2D eigenvalue weighted by atomic mass is 9.43. The molecule has 4 fully saturated rings. The fourth-order valence-electron chi connectivity index (χ4n) is 6.33. The molecule has 29 heavy (non-hydrogen) atoms. The molecule has 0 aromatic heterocycles. The molecule has 6 aliphatic carbocycles. The Morgan fingerprint density at radius 1 is 0.931 bits per heavy atom. The van der Waals surface area contributed by atoms with Crippen LogP contribution in [0.5, 0.6) is 0 Å². The minimum atomic E-state index is -0.931. The Kier molecular flexibility index (Phi) is 10.3. The topological polar surface area (TPSA) is 40.5 Å². The normalized spacial score (nSPS) is 39.4. The summed E-state index contributed by atoms with van der Waals surface area (Å²) in [6, 6.07) is 0. The van der Waals surface area contributed by atoms with Gasteiger partial charge in [0.2, 0.25) is 0 Å². The van der Waals surface area contributed by atoms with Crippen LogP contribution >= 0.6 is 23.2 Å². The van der Waals surface area contributed by atoms with Crippen LogP contribution in [0.15, 0.2) is 11.6 Å². The van der Waals surface area contributed by atoms with E-state index < -0.39 is 11.7 Å². The Hall–Kier alpha value is 0.240. The maximum absolute atomic E-state index is 10.4. The van der Waals surface area contributed by atoms with E-state index in [4.69, 9.17) is 23.2 Å². The van der Waals surface area contributed by atoms with Gasteiger partial charge in [0.25, 0.3) is 0 Å². The van der Waals surface area contributed by atoms with Crippen LogP contribution in [0.25, 0.3) is 0 Å². The van der Waals surface area contributed by atoms with E-state index in [-0.39, 0.29) is 33.6 Å². The summed E-state index contributed by atoms with van der Waals surface area (Å²) >= 11 is 11.5. The first-order chi connectivity index (χ1) is 12.1. The van der Waals surface area contributed by atoms with Crippen LogP contribution in [0.3, 0.4) is 0 Å². The zero-order chi connectivity index (χ0) is 19.3. The average Bonchev–Trinajstić information content (AvgIpc) is 2.58. The summed E-state index contributed by atoms with van der Waals surface area (Å²) in [6.45, 7) is 9.20. The third-order valence-electron chi connectivity index (χ3n) is 8.62. The number of aliphatic hydroxyl groups is 2. The molecule has 174 valence electrons. The quantitative estimate of drug-likeness (QED) is 0.348. The minimum absolute atomic E-state index is 0. The van der Waals surface area contributed by atoms with Gasteiger partial charge >= 0.3 is 0 Å². The highest BCUT2D eigenvalue weighted by atomic mass is 35.5. The van der Waals surface area contributed by atoms with Crippen molar-refractivity contribution >= 4 is 23.2 Å². The molecule has 0 amide bonds. The van der Waals surface area contributed by atoms with E-state index in [9.17, 15) is 10.2 Å². The first-order valence-electron chi connectivity index (χ1n) is 10.3. The predicted molar refractivity (Wildman–Crippen MR) is 130 cm³/mol. The highest BCUT2D eigenvalue weighted by Crippen LogP contribution is 2.63. The van der Waals surface area contributed by atoms with Crippen molar-refractivity contribution in [2.24, 2.45) is 34.5 Å². The molecule has 0 heterocycles. The van der Waals surface area contributed by atoms with Crippen LogP contribution in [0.2, 0.25) is 0 Å². The summed E-state index contributed by atoms with van der Waals surface area (Å²) < 4.78 is 0. The van der Waals surface area contributed by atoms with Gasteiger partial charge in [-0.25, -0.2) is 0 Å². The van der Waals surface area contributed by atoms with Gasteiger partial charge in [-0.3, -0.25) is 0 Å². The number of hydrogen-bond acceptors (Lipinski definition) is 2. The fraction of sp³-hybridized carbons (Fsp3) is 0.920. The first kappa shape index (κ1) is 29.2. The second-order valence-electron chi connectivity index (χ2n) is 10.2. The van der Waals surface area contributed by atoms with E-state index in [1.54, 1.807) is 5.57 Å². The summed E-state index contributed by atoms with van der Waals surface area (Å²) in [7, 11) is 0. The van der Waals surface area contributed by atoms with Gasteiger partial charge in [0.05, 0.1) is 11.7 Å². The third kappa shape index (κ3) is 4.71. The van der Waals surface area contributed by atoms with Crippen molar-refractivity contribution in [3.8, 4) is 0 Å². The summed E-state index contributed by atoms with van der Waals surface area (Å²) in [4.78, 5) is 0. The highest BCUT2D eigenvalue weighted by molar-refractivity contribution is 6.18. The molecular formula is C25H48Cl2O2. The van der Waals surface area contributed by atoms with Gasteiger partial charge in [0, 0.05) is 11.8 Å². The lowest BCUT2D eigenvalue weighted by Gasteiger charge is -2.65. The van der Waals surface area contributed by atoms with Crippen LogP contribution in [0, 0.1) is 34.5 Å². The van der Waals surface area contributed by atoms with E-state index in [1.165, 1.54) is 12.8 Å². The molecule has 0 saturated heterocycles. The zero-order valence-corrected chi connectivity index (χ0v) is 18.3. The van der Waals surface area contributed by atoms with Crippen molar-refractivity contribution in [3.05, 3.63) is 11.6 Å². The minimum Gasteiger partial charge on any atom is -0.390 e. The first-order valence-corrected chi connectivity index (χ1v) is 11.4. The summed E-state index contributed by atoms with van der Waals surface area (Å²) in [6.07, 6.45) is 8.00. The summed E-state index contributed by atoms with van der Waals surface area (Å²) in [5.41, 5.74) is 1.47. The Morgan fingerprint density at radius 3 is 2.00 bits per heavy atom. The van der Waals surface area contributed by atoms with E-state index in [0.29, 0.717) is 23.6 Å². The van der Waals surface area contributed by atoms with Gasteiger partial charge in [-0.2, -0.15) is 0 Å². The summed E-state index contributed by atoms with van der Waals surface area (Å²) in [5, 5.41) is 20.3. The Morgan fingerprint density at radius 2 is 1.55 bits per heavy atom. The van der Waals surface area contributed by atoms with Gasteiger partial charge in [0.1, 0.15) is 0 Å². The Balaban J connectivity index is 0.000000494. The van der Waals surface area contributed by atoms with Crippen LogP contribution in [0.4, 0.5) is 0 Å². The van der Waals surface area contributed by atoms with Crippen molar-refractivity contribution in [3.63, 3.8) is 0 Å². The van der Waals surface area contributed by atoms with Crippen molar-refractivity contribution in [1.82, 2.24) is 0 Å². The molecule has 2 N–H and O–H groups in total. The molecule has 2 nitrogen and oxygen atoms in total. The molecule has 5 unspecified atom stereocenters. The summed E-state index contributed by atoms with van der Waals surface area (Å²) in [5.74, 6) is 3.84. The number of aliphatic hydroxyl groups excluding tert-OH is 1. The molecule has 0 aromatic carbocycles. The SMILES string of the molecule is C.C.C.CC1(C)C2CC(O)[C@@](O)(CCCl)C1C2.CC1(C)C2CC=C(CCCl)C1C2. The molecule has 6 rings (SSSR count). The maximum atomic E-state index is 10.4. The molecule has 0 aliphatic heterocycles. The third-order valence-corrected chi connectivity index (χ3v) is 9.00. The van der Waals surface area contributed by atoms with E-state index in [2.05, 4.69) is 33.8 Å². The number of rotatable bonds is 4. The van der Waals surface area contributed by atoms with Crippen LogP contribution in [-0.2, 0) is 0 Å². The van der Waals surface area contributed by atoms with Gasteiger partial charge in [-0.1, -0.05) is 61.6 Å². The molecule has 0 aromatic rings. The van der Waals surface area contributed by atoms with Gasteiger partial charge in [-0.15, -0.1) is 23.2 Å². The zero-order valence-electron chi connectivity index (χ0n) is 16.8. The largest absolute Gasteiger partial charge is 0.390 e. The van der Waals surface area contributed by atoms with Crippen molar-refractivity contribution < 1.29 is 10.2 Å². The lowest BCUT2D eigenvalue weighted by molar-refractivity contribution is -0.253. The molecule has 0 radical (unpaired) electrons. The molecule has 4 heteroatoms. The molecule has 6 atom stereocenters. The monoisotopic (exact) mass is 450 g/mol. The lowest BCUT2D eigenvalue weighted by Crippen LogP contribution is -2.67. The number of alkyl halides is 2. The standard InChI is InChI=1S/C11H19ClO2.C11H17Cl.3CH4/c1-10(2)7-5-8(10)11(14,3-4-12)9(13)6-7;1-11(2)9-4-3-8(5-6-12)10(11)7-9;;;/h7-9,13-14H,3-6H2,1-2H3;3,9-10H,4-7H2,1-2H3;3*1H4/t7?,8?,9?,11-;;;;/m1..../s1. The van der Waals surface area contributed by atoms with Gasteiger partial charge in [0.15, 0.2) is 0 Å². The number of halogens is 2. The molecule has 4 saturated carbocycles. The highest BCUT2D eigenvalue weighted by Gasteiger charge is 2.64. The van der Waals surface area contributed by atoms with Gasteiger partial charge in [-0.05, 0) is 73.0 Å². The van der Waals surface area contributed by atoms with Crippen molar-refractivity contribution in [1.29, 1.82) is 0 Å². The Labute approximate surface area is 191 Å². The van der Waals surface area contributed by atoms with E-state index >= 15 is 0 Å². The number of allylic oxidation sites excluding steroid dienone is 2. The Bertz CT molecular complexity index is 557. The average molecular weight is 452 g/mol. The smallest absolute Gasteiger partial charge is 0.0950 e. The number of fused-ring (bicyclic) bond motifs is 3. The molecular weight excluding hydrogens is 403 g/mol. The van der Waals surface area contributed by atoms with Crippen LogP contribution < -0.4 is 0 Å². The second-order valence-corrected chi connectivity index (χ2v) is 11.0.